The van der Waals surface area contributed by atoms with Crippen LogP contribution >= 0.6 is 0 Å². The molecule has 0 heterocycles. The average molecular weight is 188 g/mol. The highest BCUT2D eigenvalue weighted by Gasteiger charge is 2.02. The minimum atomic E-state index is -0.00567. The number of allylic oxidation sites excluding steroid dienone is 1. The largest absolute Gasteiger partial charge is 0.303 e. The molecule has 0 fully saturated rings. The van der Waals surface area contributed by atoms with Crippen LogP contribution in [0.5, 0.6) is 0 Å². The zero-order chi connectivity index (χ0) is 10.6. The molecular formula is C13H16O. The van der Waals surface area contributed by atoms with Gasteiger partial charge >= 0.3 is 0 Å². The van der Waals surface area contributed by atoms with Gasteiger partial charge in [0.15, 0.2) is 0 Å². The minimum absolute atomic E-state index is 0.00567. The summed E-state index contributed by atoms with van der Waals surface area (Å²) in [5.74, 6) is -0.00567. The SMILES string of the molecule is C=C(C)Cc1ccc(C(C)C=O)cc1. The van der Waals surface area contributed by atoms with Crippen molar-refractivity contribution >= 4 is 6.29 Å². The zero-order valence-electron chi connectivity index (χ0n) is 8.79. The van der Waals surface area contributed by atoms with Gasteiger partial charge < -0.3 is 4.79 Å². The molecule has 1 nitrogen and oxygen atoms in total. The van der Waals surface area contributed by atoms with Gasteiger partial charge in [0, 0.05) is 5.92 Å². The van der Waals surface area contributed by atoms with Crippen molar-refractivity contribution in [3.63, 3.8) is 0 Å². The summed E-state index contributed by atoms with van der Waals surface area (Å²) in [4.78, 5) is 10.6. The Bertz CT molecular complexity index is 322. The lowest BCUT2D eigenvalue weighted by Gasteiger charge is -2.05. The fourth-order valence-corrected chi connectivity index (χ4v) is 1.37. The summed E-state index contributed by atoms with van der Waals surface area (Å²) in [5.41, 5.74) is 3.48. The highest BCUT2D eigenvalue weighted by molar-refractivity contribution is 5.61. The summed E-state index contributed by atoms with van der Waals surface area (Å²) in [6.07, 6.45) is 1.88. The lowest BCUT2D eigenvalue weighted by atomic mass is 9.99. The molecule has 14 heavy (non-hydrogen) atoms. The van der Waals surface area contributed by atoms with Gasteiger partial charge in [-0.25, -0.2) is 0 Å². The van der Waals surface area contributed by atoms with Crippen LogP contribution in [0, 0.1) is 0 Å². The van der Waals surface area contributed by atoms with E-state index in [4.69, 9.17) is 0 Å². The molecule has 0 amide bonds. The van der Waals surface area contributed by atoms with Crippen LogP contribution in [0.3, 0.4) is 0 Å². The molecule has 1 unspecified atom stereocenters. The van der Waals surface area contributed by atoms with Crippen molar-refractivity contribution < 1.29 is 4.79 Å². The molecule has 0 aliphatic heterocycles. The Balaban J connectivity index is 2.78. The van der Waals surface area contributed by atoms with Crippen molar-refractivity contribution in [2.45, 2.75) is 26.2 Å². The number of carbonyl (C=O) groups excluding carboxylic acids is 1. The van der Waals surface area contributed by atoms with E-state index in [9.17, 15) is 4.79 Å². The number of benzene rings is 1. The summed E-state index contributed by atoms with van der Waals surface area (Å²) >= 11 is 0. The zero-order valence-corrected chi connectivity index (χ0v) is 8.79. The smallest absolute Gasteiger partial charge is 0.127 e. The number of hydrogen-bond acceptors (Lipinski definition) is 1. The molecule has 0 spiro atoms. The third-order valence-corrected chi connectivity index (χ3v) is 2.22. The third kappa shape index (κ3) is 2.84. The second-order valence-corrected chi connectivity index (χ2v) is 3.80. The highest BCUT2D eigenvalue weighted by Crippen LogP contribution is 2.14. The molecule has 0 aliphatic carbocycles. The van der Waals surface area contributed by atoms with Gasteiger partial charge in [-0.15, -0.1) is 0 Å². The maximum absolute atomic E-state index is 10.6. The maximum atomic E-state index is 10.6. The van der Waals surface area contributed by atoms with Crippen LogP contribution in [-0.2, 0) is 11.2 Å². The summed E-state index contributed by atoms with van der Waals surface area (Å²) in [6, 6.07) is 8.14. The molecule has 0 aromatic heterocycles. The van der Waals surface area contributed by atoms with Crippen molar-refractivity contribution in [3.05, 3.63) is 47.5 Å². The van der Waals surface area contributed by atoms with E-state index in [-0.39, 0.29) is 5.92 Å². The predicted molar refractivity (Wildman–Crippen MR) is 59.4 cm³/mol. The molecule has 1 aromatic rings. The third-order valence-electron chi connectivity index (χ3n) is 2.22. The average Bonchev–Trinajstić information content (AvgIpc) is 2.17. The molecule has 0 N–H and O–H groups in total. The topological polar surface area (TPSA) is 17.1 Å². The quantitative estimate of drug-likeness (QED) is 0.524. The molecule has 1 atom stereocenters. The molecule has 0 radical (unpaired) electrons. The fraction of sp³-hybridized carbons (Fsp3) is 0.308. The van der Waals surface area contributed by atoms with Gasteiger partial charge in [-0.05, 0) is 24.5 Å². The fourth-order valence-electron chi connectivity index (χ4n) is 1.37. The Morgan fingerprint density at radius 2 is 2.00 bits per heavy atom. The van der Waals surface area contributed by atoms with Crippen LogP contribution in [0.2, 0.25) is 0 Å². The summed E-state index contributed by atoms with van der Waals surface area (Å²) in [6.45, 7) is 7.79. The van der Waals surface area contributed by atoms with Crippen LogP contribution in [0.1, 0.15) is 30.9 Å². The van der Waals surface area contributed by atoms with Gasteiger partial charge in [-0.1, -0.05) is 43.3 Å². The van der Waals surface area contributed by atoms with E-state index in [0.717, 1.165) is 23.8 Å². The van der Waals surface area contributed by atoms with Crippen molar-refractivity contribution in [2.75, 3.05) is 0 Å². The monoisotopic (exact) mass is 188 g/mol. The van der Waals surface area contributed by atoms with Crippen LogP contribution < -0.4 is 0 Å². The van der Waals surface area contributed by atoms with Gasteiger partial charge in [-0.2, -0.15) is 0 Å². The molecule has 74 valence electrons. The van der Waals surface area contributed by atoms with Crippen LogP contribution in [0.25, 0.3) is 0 Å². The second kappa shape index (κ2) is 4.75. The Morgan fingerprint density at radius 1 is 1.43 bits per heavy atom. The first-order valence-corrected chi connectivity index (χ1v) is 4.82. The standard InChI is InChI=1S/C13H16O/c1-10(2)8-12-4-6-13(7-5-12)11(3)9-14/h4-7,9,11H,1,8H2,2-3H3. The number of carbonyl (C=O) groups is 1. The van der Waals surface area contributed by atoms with Crippen LogP contribution in [0.4, 0.5) is 0 Å². The predicted octanol–water partition coefficient (Wildman–Crippen LogP) is 3.11. The van der Waals surface area contributed by atoms with Crippen molar-refractivity contribution in [1.29, 1.82) is 0 Å². The molecule has 0 bridgehead atoms. The summed E-state index contributed by atoms with van der Waals surface area (Å²) in [7, 11) is 0. The molecule has 1 aromatic carbocycles. The number of hydrogen-bond donors (Lipinski definition) is 0. The Morgan fingerprint density at radius 3 is 2.43 bits per heavy atom. The van der Waals surface area contributed by atoms with E-state index < -0.39 is 0 Å². The Labute approximate surface area is 85.5 Å². The highest BCUT2D eigenvalue weighted by atomic mass is 16.1. The van der Waals surface area contributed by atoms with Gasteiger partial charge in [0.25, 0.3) is 0 Å². The normalized spacial score (nSPS) is 12.1. The van der Waals surface area contributed by atoms with E-state index in [1.54, 1.807) is 0 Å². The maximum Gasteiger partial charge on any atom is 0.127 e. The molecule has 0 saturated carbocycles. The van der Waals surface area contributed by atoms with Gasteiger partial charge in [0.1, 0.15) is 6.29 Å². The first-order chi connectivity index (χ1) is 6.63. The van der Waals surface area contributed by atoms with Crippen LogP contribution in [-0.4, -0.2) is 6.29 Å². The first-order valence-electron chi connectivity index (χ1n) is 4.82. The first kappa shape index (κ1) is 10.7. The minimum Gasteiger partial charge on any atom is -0.303 e. The van der Waals surface area contributed by atoms with Gasteiger partial charge in [-0.3, -0.25) is 0 Å². The lowest BCUT2D eigenvalue weighted by molar-refractivity contribution is -0.108. The van der Waals surface area contributed by atoms with Crippen molar-refractivity contribution in [1.82, 2.24) is 0 Å². The number of rotatable bonds is 4. The Hall–Kier alpha value is -1.37. The molecule has 0 aliphatic rings. The van der Waals surface area contributed by atoms with Crippen molar-refractivity contribution in [2.24, 2.45) is 0 Å². The van der Waals surface area contributed by atoms with Gasteiger partial charge in [0.2, 0.25) is 0 Å². The van der Waals surface area contributed by atoms with Gasteiger partial charge in [0.05, 0.1) is 0 Å². The van der Waals surface area contributed by atoms with E-state index in [1.165, 1.54) is 5.56 Å². The van der Waals surface area contributed by atoms with Crippen LogP contribution in [0.15, 0.2) is 36.4 Å². The molecular weight excluding hydrogens is 172 g/mol. The Kier molecular flexibility index (Phi) is 3.63. The molecule has 1 rings (SSSR count). The van der Waals surface area contributed by atoms with Crippen molar-refractivity contribution in [3.8, 4) is 0 Å². The lowest BCUT2D eigenvalue weighted by Crippen LogP contribution is -1.94. The van der Waals surface area contributed by atoms with E-state index >= 15 is 0 Å². The molecule has 0 saturated heterocycles. The summed E-state index contributed by atoms with van der Waals surface area (Å²) < 4.78 is 0. The summed E-state index contributed by atoms with van der Waals surface area (Å²) in [5, 5.41) is 0. The number of aldehydes is 1. The molecule has 1 heteroatoms. The van der Waals surface area contributed by atoms with E-state index in [0.29, 0.717) is 0 Å². The van der Waals surface area contributed by atoms with E-state index in [1.807, 2.05) is 26.0 Å². The second-order valence-electron chi connectivity index (χ2n) is 3.80. The van der Waals surface area contributed by atoms with E-state index in [2.05, 4.69) is 18.7 Å².